The second kappa shape index (κ2) is 8.38. The molecule has 3 aromatic rings. The molecule has 8 nitrogen and oxygen atoms in total. The highest BCUT2D eigenvalue weighted by Gasteiger charge is 2.36. The van der Waals surface area contributed by atoms with Gasteiger partial charge in [0.1, 0.15) is 5.75 Å². The molecule has 0 bridgehead atoms. The standard InChI is InChI=1S/C21H23N5O3/c1-28-16-7-5-15(6-8-16)21(11-2-3-12-21)25-17(27)9-10-18-24-20(26-29-18)19-22-13-4-14-23-19/h4-8,13-14H,2-3,9-12H2,1H3,(H,25,27). The molecule has 0 atom stereocenters. The Balaban J connectivity index is 1.39. The molecule has 1 aliphatic carbocycles. The van der Waals surface area contributed by atoms with Gasteiger partial charge in [-0.15, -0.1) is 0 Å². The lowest BCUT2D eigenvalue weighted by Crippen LogP contribution is -2.43. The lowest BCUT2D eigenvalue weighted by atomic mass is 9.88. The first kappa shape index (κ1) is 19.0. The van der Waals surface area contributed by atoms with Gasteiger partial charge in [0.2, 0.25) is 23.4 Å². The number of hydrogen-bond acceptors (Lipinski definition) is 7. The van der Waals surface area contributed by atoms with Gasteiger partial charge in [-0.3, -0.25) is 4.79 Å². The summed E-state index contributed by atoms with van der Waals surface area (Å²) in [5.74, 6) is 1.90. The number of methoxy groups -OCH3 is 1. The fraction of sp³-hybridized carbons (Fsp3) is 0.381. The number of ether oxygens (including phenoxy) is 1. The molecular formula is C21H23N5O3. The number of benzene rings is 1. The molecular weight excluding hydrogens is 370 g/mol. The molecule has 0 radical (unpaired) electrons. The third kappa shape index (κ3) is 4.26. The quantitative estimate of drug-likeness (QED) is 0.658. The minimum Gasteiger partial charge on any atom is -0.497 e. The van der Waals surface area contributed by atoms with Crippen molar-refractivity contribution in [1.29, 1.82) is 0 Å². The monoisotopic (exact) mass is 393 g/mol. The summed E-state index contributed by atoms with van der Waals surface area (Å²) in [6.07, 6.45) is 7.92. The molecule has 2 heterocycles. The number of aryl methyl sites for hydroxylation is 1. The molecule has 0 spiro atoms. The van der Waals surface area contributed by atoms with Crippen molar-refractivity contribution in [2.75, 3.05) is 7.11 Å². The Morgan fingerprint density at radius 3 is 2.55 bits per heavy atom. The Kier molecular flexibility index (Phi) is 5.50. The Bertz CT molecular complexity index is 950. The molecule has 1 aliphatic rings. The number of hydrogen-bond donors (Lipinski definition) is 1. The van der Waals surface area contributed by atoms with E-state index in [2.05, 4.69) is 25.4 Å². The van der Waals surface area contributed by atoms with E-state index in [1.807, 2.05) is 24.3 Å². The predicted octanol–water partition coefficient (Wildman–Crippen LogP) is 3.05. The topological polar surface area (TPSA) is 103 Å². The molecule has 1 amide bonds. The zero-order chi connectivity index (χ0) is 20.1. The molecule has 0 saturated heterocycles. The van der Waals surface area contributed by atoms with Crippen LogP contribution < -0.4 is 10.1 Å². The van der Waals surface area contributed by atoms with E-state index in [9.17, 15) is 4.79 Å². The van der Waals surface area contributed by atoms with Crippen LogP contribution in [0.2, 0.25) is 0 Å². The molecule has 1 aromatic carbocycles. The molecule has 150 valence electrons. The van der Waals surface area contributed by atoms with Crippen molar-refractivity contribution in [3.05, 3.63) is 54.2 Å². The largest absolute Gasteiger partial charge is 0.497 e. The van der Waals surface area contributed by atoms with E-state index in [0.717, 1.165) is 37.0 Å². The first-order chi connectivity index (χ1) is 14.2. The van der Waals surface area contributed by atoms with Crippen LogP contribution in [0.3, 0.4) is 0 Å². The van der Waals surface area contributed by atoms with Crippen molar-refractivity contribution < 1.29 is 14.1 Å². The summed E-state index contributed by atoms with van der Waals surface area (Å²) < 4.78 is 10.5. The normalized spacial score (nSPS) is 15.2. The van der Waals surface area contributed by atoms with Crippen LogP contribution >= 0.6 is 0 Å². The van der Waals surface area contributed by atoms with Gasteiger partial charge in [-0.25, -0.2) is 9.97 Å². The molecule has 1 fully saturated rings. The number of aromatic nitrogens is 4. The summed E-state index contributed by atoms with van der Waals surface area (Å²) in [6.45, 7) is 0. The molecule has 1 N–H and O–H groups in total. The molecule has 1 saturated carbocycles. The number of nitrogens with one attached hydrogen (secondary N) is 1. The van der Waals surface area contributed by atoms with E-state index >= 15 is 0 Å². The van der Waals surface area contributed by atoms with Crippen molar-refractivity contribution in [3.8, 4) is 17.4 Å². The minimum absolute atomic E-state index is 0.0292. The molecule has 8 heteroatoms. The zero-order valence-electron chi connectivity index (χ0n) is 16.3. The maximum atomic E-state index is 12.7. The number of carbonyl (C=O) groups is 1. The second-order valence-corrected chi connectivity index (χ2v) is 7.15. The molecule has 29 heavy (non-hydrogen) atoms. The van der Waals surface area contributed by atoms with Crippen LogP contribution in [0.4, 0.5) is 0 Å². The first-order valence-electron chi connectivity index (χ1n) is 9.74. The van der Waals surface area contributed by atoms with Crippen LogP contribution in [0.5, 0.6) is 5.75 Å². The van der Waals surface area contributed by atoms with Crippen molar-refractivity contribution in [1.82, 2.24) is 25.4 Å². The minimum atomic E-state index is -0.318. The van der Waals surface area contributed by atoms with Gasteiger partial charge in [-0.1, -0.05) is 30.1 Å². The van der Waals surface area contributed by atoms with E-state index < -0.39 is 0 Å². The van der Waals surface area contributed by atoms with E-state index in [-0.39, 0.29) is 17.9 Å². The van der Waals surface area contributed by atoms with E-state index in [1.54, 1.807) is 25.6 Å². The number of amides is 1. The Hall–Kier alpha value is -3.29. The highest BCUT2D eigenvalue weighted by atomic mass is 16.5. The molecule has 2 aromatic heterocycles. The Morgan fingerprint density at radius 1 is 1.14 bits per heavy atom. The second-order valence-electron chi connectivity index (χ2n) is 7.15. The van der Waals surface area contributed by atoms with Gasteiger partial charge in [0.15, 0.2) is 0 Å². The van der Waals surface area contributed by atoms with Crippen molar-refractivity contribution in [2.45, 2.75) is 44.1 Å². The SMILES string of the molecule is COc1ccc(C2(NC(=O)CCc3nc(-c4ncccn4)no3)CCCC2)cc1. The van der Waals surface area contributed by atoms with Crippen LogP contribution in [-0.4, -0.2) is 33.1 Å². The van der Waals surface area contributed by atoms with Crippen molar-refractivity contribution >= 4 is 5.91 Å². The lowest BCUT2D eigenvalue weighted by molar-refractivity contribution is -0.123. The lowest BCUT2D eigenvalue weighted by Gasteiger charge is -2.31. The molecule has 0 unspecified atom stereocenters. The molecule has 0 aliphatic heterocycles. The highest BCUT2D eigenvalue weighted by molar-refractivity contribution is 5.77. The average molecular weight is 393 g/mol. The first-order valence-corrected chi connectivity index (χ1v) is 9.74. The predicted molar refractivity (Wildman–Crippen MR) is 105 cm³/mol. The fourth-order valence-corrected chi connectivity index (χ4v) is 3.79. The zero-order valence-corrected chi connectivity index (χ0v) is 16.3. The summed E-state index contributed by atoms with van der Waals surface area (Å²) in [5, 5.41) is 7.15. The third-order valence-corrected chi connectivity index (χ3v) is 5.28. The van der Waals surface area contributed by atoms with E-state index in [4.69, 9.17) is 9.26 Å². The van der Waals surface area contributed by atoms with Crippen LogP contribution in [0.1, 0.15) is 43.6 Å². The smallest absolute Gasteiger partial charge is 0.240 e. The summed E-state index contributed by atoms with van der Waals surface area (Å²) in [6, 6.07) is 9.67. The maximum Gasteiger partial charge on any atom is 0.240 e. The van der Waals surface area contributed by atoms with E-state index in [0.29, 0.717) is 24.0 Å². The maximum absolute atomic E-state index is 12.7. The van der Waals surface area contributed by atoms with Gasteiger partial charge in [-0.2, -0.15) is 4.98 Å². The third-order valence-electron chi connectivity index (χ3n) is 5.28. The molecule has 4 rings (SSSR count). The van der Waals surface area contributed by atoms with Crippen LogP contribution in [-0.2, 0) is 16.8 Å². The van der Waals surface area contributed by atoms with Gasteiger partial charge < -0.3 is 14.6 Å². The van der Waals surface area contributed by atoms with Crippen LogP contribution in [0.15, 0.2) is 47.2 Å². The van der Waals surface area contributed by atoms with Gasteiger partial charge >= 0.3 is 0 Å². The number of nitrogens with zero attached hydrogens (tertiary/aromatic N) is 4. The van der Waals surface area contributed by atoms with Gasteiger partial charge in [0.25, 0.3) is 0 Å². The van der Waals surface area contributed by atoms with Crippen molar-refractivity contribution in [2.24, 2.45) is 0 Å². The Labute approximate surface area is 168 Å². The van der Waals surface area contributed by atoms with Gasteiger partial charge in [-0.05, 0) is 36.6 Å². The number of rotatable bonds is 7. The van der Waals surface area contributed by atoms with Crippen molar-refractivity contribution in [3.63, 3.8) is 0 Å². The van der Waals surface area contributed by atoms with Crippen LogP contribution in [0.25, 0.3) is 11.6 Å². The van der Waals surface area contributed by atoms with Gasteiger partial charge in [0, 0.05) is 25.2 Å². The fourth-order valence-electron chi connectivity index (χ4n) is 3.79. The summed E-state index contributed by atoms with van der Waals surface area (Å²) in [5.41, 5.74) is 0.798. The highest BCUT2D eigenvalue weighted by Crippen LogP contribution is 2.39. The van der Waals surface area contributed by atoms with Gasteiger partial charge in [0.05, 0.1) is 12.6 Å². The average Bonchev–Trinajstić information content (AvgIpc) is 3.43. The van der Waals surface area contributed by atoms with Crippen LogP contribution in [0, 0.1) is 0 Å². The summed E-state index contributed by atoms with van der Waals surface area (Å²) in [7, 11) is 1.65. The number of carbonyl (C=O) groups excluding carboxylic acids is 1. The summed E-state index contributed by atoms with van der Waals surface area (Å²) in [4.78, 5) is 25.2. The Morgan fingerprint density at radius 2 is 1.86 bits per heavy atom. The summed E-state index contributed by atoms with van der Waals surface area (Å²) >= 11 is 0. The van der Waals surface area contributed by atoms with E-state index in [1.165, 1.54) is 0 Å².